The van der Waals surface area contributed by atoms with E-state index in [2.05, 4.69) is 22.6 Å². The first-order chi connectivity index (χ1) is 9.00. The van der Waals surface area contributed by atoms with E-state index in [0.717, 1.165) is 22.0 Å². The molecular weight excluding hydrogens is 351 g/mol. The van der Waals surface area contributed by atoms with Crippen LogP contribution in [0, 0.1) is 9.49 Å². The number of rotatable bonds is 4. The molecule has 1 aromatic carbocycles. The zero-order chi connectivity index (χ0) is 13.9. The Labute approximate surface area is 129 Å². The van der Waals surface area contributed by atoms with Gasteiger partial charge in [0.15, 0.2) is 0 Å². The average Bonchev–Trinajstić information content (AvgIpc) is 2.39. The van der Waals surface area contributed by atoms with E-state index in [1.807, 2.05) is 31.2 Å². The Morgan fingerprint density at radius 1 is 1.26 bits per heavy atom. The van der Waals surface area contributed by atoms with Gasteiger partial charge >= 0.3 is 0 Å². The van der Waals surface area contributed by atoms with Crippen molar-refractivity contribution in [1.29, 1.82) is 0 Å². The third-order valence-electron chi connectivity index (χ3n) is 4.36. The molecule has 0 saturated heterocycles. The Bertz CT molecular complexity index is 411. The molecular formula is C16H23IO2. The fourth-order valence-corrected chi connectivity index (χ4v) is 3.88. The molecule has 19 heavy (non-hydrogen) atoms. The zero-order valence-corrected chi connectivity index (χ0v) is 13.6. The molecule has 1 aromatic rings. The van der Waals surface area contributed by atoms with Crippen molar-refractivity contribution in [3.8, 4) is 0 Å². The van der Waals surface area contributed by atoms with Crippen molar-refractivity contribution in [2.24, 2.45) is 5.92 Å². The summed E-state index contributed by atoms with van der Waals surface area (Å²) < 4.78 is 1.06. The van der Waals surface area contributed by atoms with Gasteiger partial charge in [0.05, 0.1) is 11.7 Å². The van der Waals surface area contributed by atoms with Gasteiger partial charge in [-0.3, -0.25) is 0 Å². The standard InChI is InChI=1S/C16H23IO2/c1-16(19,12-7-3-2-4-8-12)11-15(18)13-9-5-6-10-14(13)17/h5-6,9-10,12,15,18-19H,2-4,7-8,11H2,1H3/t15-,16-/m1/s1. The van der Waals surface area contributed by atoms with Gasteiger partial charge in [-0.05, 0) is 59.9 Å². The lowest BCUT2D eigenvalue weighted by atomic mass is 9.75. The van der Waals surface area contributed by atoms with E-state index in [1.54, 1.807) is 0 Å². The molecule has 0 aromatic heterocycles. The molecule has 0 radical (unpaired) electrons. The van der Waals surface area contributed by atoms with Crippen molar-refractivity contribution in [3.63, 3.8) is 0 Å². The Kier molecular flexibility index (Phi) is 5.26. The van der Waals surface area contributed by atoms with Gasteiger partial charge in [0.2, 0.25) is 0 Å². The highest BCUT2D eigenvalue weighted by molar-refractivity contribution is 14.1. The van der Waals surface area contributed by atoms with E-state index >= 15 is 0 Å². The van der Waals surface area contributed by atoms with Gasteiger partial charge in [-0.2, -0.15) is 0 Å². The first-order valence-electron chi connectivity index (χ1n) is 7.15. The SMILES string of the molecule is C[C@@](O)(C[C@@H](O)c1ccccc1I)C1CCCCC1. The lowest BCUT2D eigenvalue weighted by Gasteiger charge is -2.37. The molecule has 2 rings (SSSR count). The summed E-state index contributed by atoms with van der Waals surface area (Å²) in [6, 6.07) is 7.85. The summed E-state index contributed by atoms with van der Waals surface area (Å²) in [5.74, 6) is 0.331. The van der Waals surface area contributed by atoms with Crippen molar-refractivity contribution >= 4 is 22.6 Å². The molecule has 1 saturated carbocycles. The van der Waals surface area contributed by atoms with E-state index in [-0.39, 0.29) is 0 Å². The van der Waals surface area contributed by atoms with Crippen LogP contribution in [0.3, 0.4) is 0 Å². The molecule has 2 nitrogen and oxygen atoms in total. The molecule has 2 N–H and O–H groups in total. The fourth-order valence-electron chi connectivity index (χ4n) is 3.14. The topological polar surface area (TPSA) is 40.5 Å². The minimum absolute atomic E-state index is 0.331. The summed E-state index contributed by atoms with van der Waals surface area (Å²) >= 11 is 2.24. The van der Waals surface area contributed by atoms with Gasteiger partial charge in [-0.15, -0.1) is 0 Å². The second-order valence-electron chi connectivity index (χ2n) is 5.93. The lowest BCUT2D eigenvalue weighted by molar-refractivity contribution is -0.0537. The normalized spacial score (nSPS) is 21.9. The minimum atomic E-state index is -0.765. The number of hydrogen-bond donors (Lipinski definition) is 2. The van der Waals surface area contributed by atoms with E-state index in [4.69, 9.17) is 0 Å². The van der Waals surface area contributed by atoms with Crippen molar-refractivity contribution in [2.45, 2.75) is 57.2 Å². The quantitative estimate of drug-likeness (QED) is 0.781. The zero-order valence-electron chi connectivity index (χ0n) is 11.5. The van der Waals surface area contributed by atoms with Crippen LogP contribution < -0.4 is 0 Å². The first kappa shape index (κ1) is 15.3. The summed E-state index contributed by atoms with van der Waals surface area (Å²) in [5, 5.41) is 21.1. The summed E-state index contributed by atoms with van der Waals surface area (Å²) in [4.78, 5) is 0. The number of hydrogen-bond acceptors (Lipinski definition) is 2. The van der Waals surface area contributed by atoms with Crippen LogP contribution in [0.15, 0.2) is 24.3 Å². The van der Waals surface area contributed by atoms with Crippen LogP contribution in [0.2, 0.25) is 0 Å². The van der Waals surface area contributed by atoms with Crippen LogP contribution >= 0.6 is 22.6 Å². The van der Waals surface area contributed by atoms with Crippen LogP contribution in [-0.4, -0.2) is 15.8 Å². The molecule has 2 atom stereocenters. The number of aliphatic hydroxyl groups is 2. The monoisotopic (exact) mass is 374 g/mol. The molecule has 3 heteroatoms. The minimum Gasteiger partial charge on any atom is -0.390 e. The van der Waals surface area contributed by atoms with Gasteiger partial charge < -0.3 is 10.2 Å². The second-order valence-corrected chi connectivity index (χ2v) is 7.10. The molecule has 0 bridgehead atoms. The Morgan fingerprint density at radius 3 is 2.53 bits per heavy atom. The highest BCUT2D eigenvalue weighted by Gasteiger charge is 2.35. The third-order valence-corrected chi connectivity index (χ3v) is 5.34. The van der Waals surface area contributed by atoms with Crippen molar-refractivity contribution in [2.75, 3.05) is 0 Å². The highest BCUT2D eigenvalue weighted by Crippen LogP contribution is 2.38. The van der Waals surface area contributed by atoms with Crippen molar-refractivity contribution < 1.29 is 10.2 Å². The van der Waals surface area contributed by atoms with E-state index < -0.39 is 11.7 Å². The van der Waals surface area contributed by atoms with Crippen LogP contribution in [0.4, 0.5) is 0 Å². The smallest absolute Gasteiger partial charge is 0.0827 e. The summed E-state index contributed by atoms with van der Waals surface area (Å²) in [5.41, 5.74) is 0.165. The van der Waals surface area contributed by atoms with E-state index in [9.17, 15) is 10.2 Å². The number of halogens is 1. The summed E-state index contributed by atoms with van der Waals surface area (Å²) in [6.45, 7) is 1.89. The highest BCUT2D eigenvalue weighted by atomic mass is 127. The fraction of sp³-hybridized carbons (Fsp3) is 0.625. The average molecular weight is 374 g/mol. The number of benzene rings is 1. The number of aliphatic hydroxyl groups excluding tert-OH is 1. The molecule has 0 spiro atoms. The van der Waals surface area contributed by atoms with Gasteiger partial charge in [0, 0.05) is 9.99 Å². The van der Waals surface area contributed by atoms with Gasteiger partial charge in [0.1, 0.15) is 0 Å². The molecule has 106 valence electrons. The third kappa shape index (κ3) is 3.92. The van der Waals surface area contributed by atoms with Crippen LogP contribution in [0.5, 0.6) is 0 Å². The molecule has 1 aliphatic carbocycles. The first-order valence-corrected chi connectivity index (χ1v) is 8.23. The molecule has 0 aliphatic heterocycles. The molecule has 0 amide bonds. The molecule has 0 heterocycles. The van der Waals surface area contributed by atoms with Gasteiger partial charge in [-0.25, -0.2) is 0 Å². The van der Waals surface area contributed by atoms with E-state index in [1.165, 1.54) is 19.3 Å². The van der Waals surface area contributed by atoms with Crippen molar-refractivity contribution in [1.82, 2.24) is 0 Å². The Balaban J connectivity index is 2.04. The van der Waals surface area contributed by atoms with E-state index in [0.29, 0.717) is 12.3 Å². The molecule has 1 aliphatic rings. The Morgan fingerprint density at radius 2 is 1.89 bits per heavy atom. The Hall–Kier alpha value is -0.130. The second kappa shape index (κ2) is 6.55. The van der Waals surface area contributed by atoms with Gasteiger partial charge in [0.25, 0.3) is 0 Å². The molecule has 1 fully saturated rings. The van der Waals surface area contributed by atoms with Gasteiger partial charge in [-0.1, -0.05) is 37.5 Å². The maximum atomic E-state index is 10.7. The summed E-state index contributed by atoms with van der Waals surface area (Å²) in [6.07, 6.45) is 5.73. The maximum Gasteiger partial charge on any atom is 0.0827 e. The maximum absolute atomic E-state index is 10.7. The lowest BCUT2D eigenvalue weighted by Crippen LogP contribution is -2.37. The van der Waals surface area contributed by atoms with Crippen LogP contribution in [-0.2, 0) is 0 Å². The summed E-state index contributed by atoms with van der Waals surface area (Å²) in [7, 11) is 0. The van der Waals surface area contributed by atoms with Crippen LogP contribution in [0.1, 0.15) is 57.1 Å². The largest absolute Gasteiger partial charge is 0.390 e. The van der Waals surface area contributed by atoms with Crippen molar-refractivity contribution in [3.05, 3.63) is 33.4 Å². The molecule has 0 unspecified atom stereocenters. The predicted molar refractivity (Wildman–Crippen MR) is 85.9 cm³/mol. The van der Waals surface area contributed by atoms with Crippen LogP contribution in [0.25, 0.3) is 0 Å². The predicted octanol–water partition coefficient (Wildman–Crippen LogP) is 4.05.